The van der Waals surface area contributed by atoms with Gasteiger partial charge in [0.1, 0.15) is 0 Å². The average molecular weight is 236 g/mol. The molecule has 17 heavy (non-hydrogen) atoms. The van der Waals surface area contributed by atoms with Gasteiger partial charge in [0.15, 0.2) is 0 Å². The summed E-state index contributed by atoms with van der Waals surface area (Å²) in [6, 6.07) is 0.422. The fourth-order valence-corrected chi connectivity index (χ4v) is 2.58. The lowest BCUT2D eigenvalue weighted by Crippen LogP contribution is -2.35. The van der Waals surface area contributed by atoms with E-state index in [9.17, 15) is 4.79 Å². The molecule has 0 bridgehead atoms. The van der Waals surface area contributed by atoms with E-state index in [-0.39, 0.29) is 11.9 Å². The molecule has 2 rings (SSSR count). The number of carbonyl (C=O) groups is 1. The Hall–Kier alpha value is -1.36. The van der Waals surface area contributed by atoms with Crippen LogP contribution in [0.3, 0.4) is 0 Å². The highest BCUT2D eigenvalue weighted by Crippen LogP contribution is 2.29. The van der Waals surface area contributed by atoms with Gasteiger partial charge in [-0.1, -0.05) is 0 Å². The lowest BCUT2D eigenvalue weighted by atomic mass is 9.92. The zero-order valence-corrected chi connectivity index (χ0v) is 10.4. The summed E-state index contributed by atoms with van der Waals surface area (Å²) in [4.78, 5) is 10.9. The van der Waals surface area contributed by atoms with Gasteiger partial charge >= 0.3 is 0 Å². The summed E-state index contributed by atoms with van der Waals surface area (Å²) in [7, 11) is 1.98. The second-order valence-corrected chi connectivity index (χ2v) is 4.85. The van der Waals surface area contributed by atoms with Crippen molar-refractivity contribution in [3.63, 3.8) is 0 Å². The maximum absolute atomic E-state index is 10.9. The molecule has 2 unspecified atom stereocenters. The lowest BCUT2D eigenvalue weighted by Gasteiger charge is -2.26. The van der Waals surface area contributed by atoms with Crippen LogP contribution in [0.1, 0.15) is 43.5 Å². The second kappa shape index (κ2) is 4.87. The molecule has 0 aliphatic heterocycles. The predicted molar refractivity (Wildman–Crippen MR) is 65.3 cm³/mol. The van der Waals surface area contributed by atoms with Gasteiger partial charge in [0.25, 0.3) is 0 Å². The molecule has 0 spiro atoms. The molecule has 5 heteroatoms. The summed E-state index contributed by atoms with van der Waals surface area (Å²) >= 11 is 0. The molecule has 1 aromatic heterocycles. The quantitative estimate of drug-likeness (QED) is 0.806. The SMILES string of the molecule is CC(CC(N)=O)NC1CCCc2c1cnn2C. The number of primary amides is 1. The Morgan fingerprint density at radius 3 is 3.24 bits per heavy atom. The molecule has 0 fully saturated rings. The van der Waals surface area contributed by atoms with E-state index in [0.717, 1.165) is 19.3 Å². The molecule has 1 aromatic rings. The average Bonchev–Trinajstić information content (AvgIpc) is 2.61. The van der Waals surface area contributed by atoms with E-state index in [1.165, 1.54) is 11.3 Å². The summed E-state index contributed by atoms with van der Waals surface area (Å²) < 4.78 is 1.95. The van der Waals surface area contributed by atoms with Crippen LogP contribution in [0, 0.1) is 0 Å². The number of nitrogens with zero attached hydrogens (tertiary/aromatic N) is 2. The zero-order chi connectivity index (χ0) is 12.4. The van der Waals surface area contributed by atoms with Gasteiger partial charge in [-0.15, -0.1) is 0 Å². The number of aryl methyl sites for hydroxylation is 1. The van der Waals surface area contributed by atoms with Crippen LogP contribution in [0.25, 0.3) is 0 Å². The molecular formula is C12H20N4O. The summed E-state index contributed by atoms with van der Waals surface area (Å²) in [6.07, 6.45) is 5.67. The maximum atomic E-state index is 10.9. The maximum Gasteiger partial charge on any atom is 0.218 e. The van der Waals surface area contributed by atoms with Crippen molar-refractivity contribution in [3.05, 3.63) is 17.5 Å². The minimum atomic E-state index is -0.257. The third-order valence-electron chi connectivity index (χ3n) is 3.37. The van der Waals surface area contributed by atoms with Crippen LogP contribution in [0.5, 0.6) is 0 Å². The van der Waals surface area contributed by atoms with Crippen LogP contribution < -0.4 is 11.1 Å². The number of aromatic nitrogens is 2. The van der Waals surface area contributed by atoms with E-state index < -0.39 is 0 Å². The van der Waals surface area contributed by atoms with E-state index in [1.54, 1.807) is 0 Å². The van der Waals surface area contributed by atoms with Crippen LogP contribution in [0.15, 0.2) is 6.20 Å². The van der Waals surface area contributed by atoms with Crippen molar-refractivity contribution in [1.82, 2.24) is 15.1 Å². The van der Waals surface area contributed by atoms with Crippen molar-refractivity contribution in [2.24, 2.45) is 12.8 Å². The molecule has 5 nitrogen and oxygen atoms in total. The Bertz CT molecular complexity index is 413. The highest BCUT2D eigenvalue weighted by molar-refractivity contribution is 5.74. The van der Waals surface area contributed by atoms with Gasteiger partial charge in [0, 0.05) is 36.8 Å². The molecular weight excluding hydrogens is 216 g/mol. The van der Waals surface area contributed by atoms with Gasteiger partial charge in [-0.3, -0.25) is 9.48 Å². The Balaban J connectivity index is 2.06. The number of amides is 1. The molecule has 0 radical (unpaired) electrons. The Morgan fingerprint density at radius 2 is 2.53 bits per heavy atom. The molecule has 1 heterocycles. The van der Waals surface area contributed by atoms with Crippen molar-refractivity contribution in [3.8, 4) is 0 Å². The highest BCUT2D eigenvalue weighted by atomic mass is 16.1. The van der Waals surface area contributed by atoms with Crippen LogP contribution in [0.2, 0.25) is 0 Å². The number of nitrogens with two attached hydrogens (primary N) is 1. The van der Waals surface area contributed by atoms with E-state index in [0.29, 0.717) is 12.5 Å². The third kappa shape index (κ3) is 2.66. The first-order valence-electron chi connectivity index (χ1n) is 6.13. The van der Waals surface area contributed by atoms with E-state index in [1.807, 2.05) is 24.9 Å². The summed E-state index contributed by atoms with van der Waals surface area (Å²) in [5.41, 5.74) is 7.78. The number of fused-ring (bicyclic) bond motifs is 1. The molecule has 0 saturated carbocycles. The van der Waals surface area contributed by atoms with Crippen LogP contribution in [0.4, 0.5) is 0 Å². The second-order valence-electron chi connectivity index (χ2n) is 4.85. The van der Waals surface area contributed by atoms with Crippen LogP contribution in [-0.4, -0.2) is 21.7 Å². The number of rotatable bonds is 4. The van der Waals surface area contributed by atoms with Crippen molar-refractivity contribution in [2.45, 2.75) is 44.7 Å². The Morgan fingerprint density at radius 1 is 1.76 bits per heavy atom. The number of hydrogen-bond donors (Lipinski definition) is 2. The minimum Gasteiger partial charge on any atom is -0.370 e. The van der Waals surface area contributed by atoms with Gasteiger partial charge in [0.05, 0.1) is 6.20 Å². The molecule has 94 valence electrons. The normalized spacial score (nSPS) is 20.9. The van der Waals surface area contributed by atoms with E-state index >= 15 is 0 Å². The van der Waals surface area contributed by atoms with Gasteiger partial charge in [-0.05, 0) is 26.2 Å². The van der Waals surface area contributed by atoms with Gasteiger partial charge in [-0.25, -0.2) is 0 Å². The Kier molecular flexibility index (Phi) is 3.47. The molecule has 0 saturated heterocycles. The summed E-state index contributed by atoms with van der Waals surface area (Å²) in [5.74, 6) is -0.257. The van der Waals surface area contributed by atoms with E-state index in [4.69, 9.17) is 5.73 Å². The number of carbonyl (C=O) groups excluding carboxylic acids is 1. The van der Waals surface area contributed by atoms with Gasteiger partial charge < -0.3 is 11.1 Å². The van der Waals surface area contributed by atoms with E-state index in [2.05, 4.69) is 10.4 Å². The van der Waals surface area contributed by atoms with Crippen LogP contribution >= 0.6 is 0 Å². The monoisotopic (exact) mass is 236 g/mol. The standard InChI is InChI=1S/C12H20N4O/c1-8(6-12(13)17)15-10-4-3-5-11-9(10)7-14-16(11)2/h7-8,10,15H,3-6H2,1-2H3,(H2,13,17). The molecule has 1 aliphatic carbocycles. The molecule has 1 aliphatic rings. The number of hydrogen-bond acceptors (Lipinski definition) is 3. The lowest BCUT2D eigenvalue weighted by molar-refractivity contribution is -0.118. The summed E-state index contributed by atoms with van der Waals surface area (Å²) in [5, 5.41) is 7.77. The highest BCUT2D eigenvalue weighted by Gasteiger charge is 2.24. The fraction of sp³-hybridized carbons (Fsp3) is 0.667. The zero-order valence-electron chi connectivity index (χ0n) is 10.4. The summed E-state index contributed by atoms with van der Waals surface area (Å²) in [6.45, 7) is 2.00. The molecule has 0 aromatic carbocycles. The number of nitrogens with one attached hydrogen (secondary N) is 1. The fourth-order valence-electron chi connectivity index (χ4n) is 2.58. The Labute approximate surface area is 101 Å². The first-order chi connectivity index (χ1) is 8.08. The van der Waals surface area contributed by atoms with Crippen molar-refractivity contribution >= 4 is 5.91 Å². The first-order valence-corrected chi connectivity index (χ1v) is 6.13. The van der Waals surface area contributed by atoms with Crippen molar-refractivity contribution < 1.29 is 4.79 Å². The topological polar surface area (TPSA) is 72.9 Å². The first kappa shape index (κ1) is 12.1. The van der Waals surface area contributed by atoms with Crippen molar-refractivity contribution in [2.75, 3.05) is 0 Å². The van der Waals surface area contributed by atoms with Gasteiger partial charge in [-0.2, -0.15) is 5.10 Å². The van der Waals surface area contributed by atoms with Crippen molar-refractivity contribution in [1.29, 1.82) is 0 Å². The molecule has 1 amide bonds. The molecule has 3 N–H and O–H groups in total. The molecule has 2 atom stereocenters. The third-order valence-corrected chi connectivity index (χ3v) is 3.37. The van der Waals surface area contributed by atoms with Gasteiger partial charge in [0.2, 0.25) is 5.91 Å². The predicted octanol–water partition coefficient (Wildman–Crippen LogP) is 0.651. The minimum absolute atomic E-state index is 0.114. The smallest absolute Gasteiger partial charge is 0.218 e. The largest absolute Gasteiger partial charge is 0.370 e. The van der Waals surface area contributed by atoms with Crippen LogP contribution in [-0.2, 0) is 18.3 Å².